The van der Waals surface area contributed by atoms with E-state index in [2.05, 4.69) is 35.3 Å². The van der Waals surface area contributed by atoms with Gasteiger partial charge in [0.25, 0.3) is 0 Å². The van der Waals surface area contributed by atoms with Gasteiger partial charge in [0.2, 0.25) is 5.91 Å². The summed E-state index contributed by atoms with van der Waals surface area (Å²) in [7, 11) is 0. The number of thiophene rings is 1. The maximum atomic E-state index is 12.5. The van der Waals surface area contributed by atoms with E-state index in [0.29, 0.717) is 11.6 Å². The minimum Gasteiger partial charge on any atom is -0.352 e. The first kappa shape index (κ1) is 20.8. The molecule has 4 aromatic rings. The van der Waals surface area contributed by atoms with E-state index < -0.39 is 0 Å². The molecule has 0 unspecified atom stereocenters. The first-order chi connectivity index (χ1) is 14.6. The third-order valence-corrected chi connectivity index (χ3v) is 6.71. The quantitative estimate of drug-likeness (QED) is 0.359. The van der Waals surface area contributed by atoms with E-state index >= 15 is 0 Å². The summed E-state index contributed by atoms with van der Waals surface area (Å²) in [6, 6.07) is 8.17. The van der Waals surface area contributed by atoms with Crippen molar-refractivity contribution >= 4 is 49.8 Å². The number of halogens is 1. The van der Waals surface area contributed by atoms with Crippen LogP contribution in [0.1, 0.15) is 45.1 Å². The number of hydrogen-bond donors (Lipinski definition) is 1. The predicted molar refractivity (Wildman–Crippen MR) is 124 cm³/mol. The van der Waals surface area contributed by atoms with Crippen molar-refractivity contribution < 1.29 is 4.79 Å². The van der Waals surface area contributed by atoms with Crippen LogP contribution < -0.4 is 5.32 Å². The minimum atomic E-state index is 0.107. The van der Waals surface area contributed by atoms with E-state index in [9.17, 15) is 4.79 Å². The highest BCUT2D eigenvalue weighted by atomic mass is 35.5. The molecule has 7 heteroatoms. The molecule has 3 heterocycles. The summed E-state index contributed by atoms with van der Waals surface area (Å²) in [5.74, 6) is 1.03. The fraction of sp³-hybridized carbons (Fsp3) is 0.348. The fourth-order valence-corrected chi connectivity index (χ4v) is 4.96. The number of pyridine rings is 1. The normalized spacial score (nSPS) is 11.6. The maximum absolute atomic E-state index is 12.5. The van der Waals surface area contributed by atoms with Crippen molar-refractivity contribution in [2.24, 2.45) is 5.92 Å². The van der Waals surface area contributed by atoms with E-state index in [1.54, 1.807) is 17.5 Å². The van der Waals surface area contributed by atoms with Crippen molar-refractivity contribution in [1.82, 2.24) is 20.1 Å². The Morgan fingerprint density at radius 1 is 1.20 bits per heavy atom. The van der Waals surface area contributed by atoms with Crippen LogP contribution in [0.3, 0.4) is 0 Å². The molecule has 4 rings (SSSR count). The van der Waals surface area contributed by atoms with Crippen molar-refractivity contribution in [2.75, 3.05) is 0 Å². The van der Waals surface area contributed by atoms with Crippen molar-refractivity contribution in [2.45, 2.75) is 46.1 Å². The zero-order valence-corrected chi connectivity index (χ0v) is 18.8. The van der Waals surface area contributed by atoms with Gasteiger partial charge < -0.3 is 5.32 Å². The monoisotopic (exact) mass is 440 g/mol. The van der Waals surface area contributed by atoms with Crippen LogP contribution in [0.15, 0.2) is 42.0 Å². The Bertz CT molecular complexity index is 1180. The largest absolute Gasteiger partial charge is 0.352 e. The standard InChI is InChI=1S/C23H25ClN4OS/c1-3-5-16(6-4-2)23(29)26-12-15-7-8-20-17(11-15)13-27-28(20)22-18-9-10-30-21(18)19(24)14-25-22/h7-11,13-14,16H,3-6,12H2,1-2H3,(H,26,29). The Hall–Kier alpha value is -2.44. The molecule has 0 saturated carbocycles. The van der Waals surface area contributed by atoms with Crippen LogP contribution in [0.5, 0.6) is 0 Å². The number of nitrogens with zero attached hydrogens (tertiary/aromatic N) is 3. The summed E-state index contributed by atoms with van der Waals surface area (Å²) in [6.45, 7) is 4.78. The SMILES string of the molecule is CCCC(CCC)C(=O)NCc1ccc2c(cnn2-c2ncc(Cl)c3sccc23)c1. The molecule has 0 bridgehead atoms. The van der Waals surface area contributed by atoms with Crippen molar-refractivity contribution in [3.05, 3.63) is 52.6 Å². The first-order valence-electron chi connectivity index (χ1n) is 10.4. The average molecular weight is 441 g/mol. The van der Waals surface area contributed by atoms with Gasteiger partial charge in [0.1, 0.15) is 0 Å². The summed E-state index contributed by atoms with van der Waals surface area (Å²) in [4.78, 5) is 17.1. The molecule has 156 valence electrons. The molecular weight excluding hydrogens is 416 g/mol. The number of hydrogen-bond acceptors (Lipinski definition) is 4. The number of carbonyl (C=O) groups is 1. The molecule has 0 atom stereocenters. The molecule has 0 aliphatic carbocycles. The third-order valence-electron chi connectivity index (χ3n) is 5.37. The number of rotatable bonds is 8. The van der Waals surface area contributed by atoms with Crippen LogP contribution in [0.2, 0.25) is 5.02 Å². The molecule has 0 aliphatic rings. The molecule has 30 heavy (non-hydrogen) atoms. The van der Waals surface area contributed by atoms with Crippen molar-refractivity contribution in [3.63, 3.8) is 0 Å². The molecule has 1 N–H and O–H groups in total. The molecule has 1 aromatic carbocycles. The molecule has 1 amide bonds. The number of carbonyl (C=O) groups excluding carboxylic acids is 1. The molecule has 0 aliphatic heterocycles. The minimum absolute atomic E-state index is 0.107. The molecule has 5 nitrogen and oxygen atoms in total. The smallest absolute Gasteiger partial charge is 0.223 e. The van der Waals surface area contributed by atoms with E-state index in [0.717, 1.165) is 58.1 Å². The van der Waals surface area contributed by atoms with E-state index in [4.69, 9.17) is 11.6 Å². The van der Waals surface area contributed by atoms with Crippen LogP contribution in [0, 0.1) is 5.92 Å². The number of nitrogens with one attached hydrogen (secondary N) is 1. The second-order valence-corrected chi connectivity index (χ2v) is 8.86. The van der Waals surface area contributed by atoms with Crippen LogP contribution in [0.25, 0.3) is 26.8 Å². The van der Waals surface area contributed by atoms with Gasteiger partial charge in [0, 0.05) is 29.4 Å². The molecule has 0 fully saturated rings. The van der Waals surface area contributed by atoms with Crippen LogP contribution in [-0.2, 0) is 11.3 Å². The van der Waals surface area contributed by atoms with E-state index in [1.807, 2.05) is 34.5 Å². The molecule has 0 spiro atoms. The van der Waals surface area contributed by atoms with Crippen molar-refractivity contribution in [3.8, 4) is 5.82 Å². The lowest BCUT2D eigenvalue weighted by Crippen LogP contribution is -2.30. The molecule has 3 aromatic heterocycles. The molecular formula is C23H25ClN4OS. The van der Waals surface area contributed by atoms with Gasteiger partial charge in [-0.1, -0.05) is 44.4 Å². The number of fused-ring (bicyclic) bond motifs is 2. The van der Waals surface area contributed by atoms with Gasteiger partial charge in [0.05, 0.1) is 21.4 Å². The average Bonchev–Trinajstić information content (AvgIpc) is 3.40. The summed E-state index contributed by atoms with van der Waals surface area (Å²) in [5, 5.41) is 12.3. The summed E-state index contributed by atoms with van der Waals surface area (Å²) >= 11 is 7.87. The lowest BCUT2D eigenvalue weighted by atomic mass is 9.97. The molecule has 0 radical (unpaired) electrons. The second-order valence-electron chi connectivity index (χ2n) is 7.53. The number of benzene rings is 1. The highest BCUT2D eigenvalue weighted by Gasteiger charge is 2.17. The highest BCUT2D eigenvalue weighted by Crippen LogP contribution is 2.32. The lowest BCUT2D eigenvalue weighted by Gasteiger charge is -2.15. The zero-order valence-electron chi connectivity index (χ0n) is 17.2. The van der Waals surface area contributed by atoms with Gasteiger partial charge in [-0.15, -0.1) is 11.3 Å². The van der Waals surface area contributed by atoms with Crippen LogP contribution in [0.4, 0.5) is 0 Å². The lowest BCUT2D eigenvalue weighted by molar-refractivity contribution is -0.125. The highest BCUT2D eigenvalue weighted by molar-refractivity contribution is 7.18. The van der Waals surface area contributed by atoms with Gasteiger partial charge in [-0.2, -0.15) is 5.10 Å². The van der Waals surface area contributed by atoms with Gasteiger partial charge in [-0.25, -0.2) is 9.67 Å². The van der Waals surface area contributed by atoms with E-state index in [-0.39, 0.29) is 11.8 Å². The first-order valence-corrected chi connectivity index (χ1v) is 11.6. The van der Waals surface area contributed by atoms with Crippen LogP contribution in [-0.4, -0.2) is 20.7 Å². The Kier molecular flexibility index (Phi) is 6.35. The summed E-state index contributed by atoms with van der Waals surface area (Å²) < 4.78 is 2.86. The second kappa shape index (κ2) is 9.14. The van der Waals surface area contributed by atoms with Gasteiger partial charge in [-0.3, -0.25) is 4.79 Å². The van der Waals surface area contributed by atoms with Crippen molar-refractivity contribution in [1.29, 1.82) is 0 Å². The summed E-state index contributed by atoms with van der Waals surface area (Å²) in [5.41, 5.74) is 2.04. The van der Waals surface area contributed by atoms with Gasteiger partial charge >= 0.3 is 0 Å². The third kappa shape index (κ3) is 4.07. The van der Waals surface area contributed by atoms with Gasteiger partial charge in [-0.05, 0) is 42.0 Å². The van der Waals surface area contributed by atoms with Crippen LogP contribution >= 0.6 is 22.9 Å². The fourth-order valence-electron chi connectivity index (χ4n) is 3.88. The number of aromatic nitrogens is 3. The summed E-state index contributed by atoms with van der Waals surface area (Å²) in [6.07, 6.45) is 7.45. The predicted octanol–water partition coefficient (Wildman–Crippen LogP) is 6.12. The van der Waals surface area contributed by atoms with Gasteiger partial charge in [0.15, 0.2) is 5.82 Å². The Morgan fingerprint density at radius 3 is 2.77 bits per heavy atom. The topological polar surface area (TPSA) is 59.8 Å². The Balaban J connectivity index is 1.56. The number of amides is 1. The Labute approximate surface area is 185 Å². The zero-order chi connectivity index (χ0) is 21.1. The Morgan fingerprint density at radius 2 is 2.00 bits per heavy atom. The van der Waals surface area contributed by atoms with E-state index in [1.165, 1.54) is 0 Å². The maximum Gasteiger partial charge on any atom is 0.223 e. The molecule has 0 saturated heterocycles.